The minimum atomic E-state index is -0.456. The van der Waals surface area contributed by atoms with Crippen LogP contribution in [0, 0.1) is 6.92 Å². The number of amides is 1. The van der Waals surface area contributed by atoms with Crippen LogP contribution in [0.15, 0.2) is 36.9 Å². The molecule has 0 saturated carbocycles. The van der Waals surface area contributed by atoms with Crippen LogP contribution in [0.3, 0.4) is 0 Å². The molecule has 2 rings (SSSR count). The van der Waals surface area contributed by atoms with Crippen LogP contribution < -0.4 is 5.32 Å². The van der Waals surface area contributed by atoms with E-state index in [2.05, 4.69) is 48.0 Å². The van der Waals surface area contributed by atoms with Crippen molar-refractivity contribution in [2.75, 3.05) is 39.5 Å². The van der Waals surface area contributed by atoms with Crippen molar-refractivity contribution in [1.29, 1.82) is 0 Å². The van der Waals surface area contributed by atoms with E-state index in [9.17, 15) is 4.79 Å². The largest absolute Gasteiger partial charge is 0.379 e. The fraction of sp³-hybridized carbons (Fsp3) is 0.550. The van der Waals surface area contributed by atoms with Crippen molar-refractivity contribution in [3.8, 4) is 0 Å². The molecule has 0 aromatic heterocycles. The Morgan fingerprint density at radius 2 is 2.20 bits per heavy atom. The van der Waals surface area contributed by atoms with Crippen LogP contribution in [0.5, 0.6) is 0 Å². The molecule has 1 N–H and O–H groups in total. The molecule has 1 aromatic carbocycles. The zero-order valence-electron chi connectivity index (χ0n) is 15.4. The molecule has 1 heterocycles. The van der Waals surface area contributed by atoms with Crippen molar-refractivity contribution in [1.82, 2.24) is 10.2 Å². The number of nitrogens with zero attached hydrogens (tertiary/aromatic N) is 1. The normalized spacial score (nSPS) is 17.7. The maximum absolute atomic E-state index is 12.3. The lowest BCUT2D eigenvalue weighted by molar-refractivity contribution is -0.132. The number of aryl methyl sites for hydroxylation is 1. The highest BCUT2D eigenvalue weighted by molar-refractivity contribution is 5.80. The van der Waals surface area contributed by atoms with Crippen molar-refractivity contribution < 1.29 is 14.3 Å². The van der Waals surface area contributed by atoms with E-state index in [4.69, 9.17) is 9.47 Å². The average Bonchev–Trinajstić information content (AvgIpc) is 2.63. The average molecular weight is 346 g/mol. The quantitative estimate of drug-likeness (QED) is 0.551. The molecule has 0 radical (unpaired) electrons. The molecule has 1 aromatic rings. The van der Waals surface area contributed by atoms with E-state index in [1.165, 1.54) is 11.1 Å². The number of carbonyl (C=O) groups is 1. The van der Waals surface area contributed by atoms with Crippen molar-refractivity contribution in [2.45, 2.75) is 32.4 Å². The maximum atomic E-state index is 12.3. The summed E-state index contributed by atoms with van der Waals surface area (Å²) in [6.07, 6.45) is 2.08. The van der Waals surface area contributed by atoms with Gasteiger partial charge in [0.05, 0.1) is 25.9 Å². The summed E-state index contributed by atoms with van der Waals surface area (Å²) in [4.78, 5) is 14.7. The van der Waals surface area contributed by atoms with Gasteiger partial charge in [-0.1, -0.05) is 35.9 Å². The molecule has 2 atom stereocenters. The van der Waals surface area contributed by atoms with Crippen LogP contribution >= 0.6 is 0 Å². The van der Waals surface area contributed by atoms with Crippen LogP contribution in [-0.4, -0.2) is 56.4 Å². The topological polar surface area (TPSA) is 50.8 Å². The first kappa shape index (κ1) is 19.6. The summed E-state index contributed by atoms with van der Waals surface area (Å²) < 4.78 is 11.0. The molecule has 1 saturated heterocycles. The molecule has 0 aliphatic carbocycles. The number of ether oxygens (including phenoxy) is 2. The van der Waals surface area contributed by atoms with Gasteiger partial charge in [-0.3, -0.25) is 9.69 Å². The van der Waals surface area contributed by atoms with Crippen LogP contribution in [0.2, 0.25) is 0 Å². The fourth-order valence-electron chi connectivity index (χ4n) is 2.97. The van der Waals surface area contributed by atoms with Crippen molar-refractivity contribution in [3.63, 3.8) is 0 Å². The van der Waals surface area contributed by atoms with Gasteiger partial charge >= 0.3 is 0 Å². The number of hydrogen-bond acceptors (Lipinski definition) is 4. The Morgan fingerprint density at radius 1 is 1.44 bits per heavy atom. The molecular formula is C20H30N2O3. The summed E-state index contributed by atoms with van der Waals surface area (Å²) >= 11 is 0. The monoisotopic (exact) mass is 346 g/mol. The Bertz CT molecular complexity index is 556. The van der Waals surface area contributed by atoms with Crippen molar-refractivity contribution in [2.24, 2.45) is 0 Å². The molecule has 25 heavy (non-hydrogen) atoms. The third-order valence-corrected chi connectivity index (χ3v) is 4.44. The maximum Gasteiger partial charge on any atom is 0.248 e. The molecule has 0 bridgehead atoms. The Balaban J connectivity index is 1.98. The summed E-state index contributed by atoms with van der Waals surface area (Å²) in [5, 5.41) is 3.05. The Morgan fingerprint density at radius 3 is 2.88 bits per heavy atom. The predicted octanol–water partition coefficient (Wildman–Crippen LogP) is 2.47. The Labute approximate surface area is 151 Å². The molecule has 138 valence electrons. The summed E-state index contributed by atoms with van der Waals surface area (Å²) in [5.74, 6) is -0.0741. The van der Waals surface area contributed by atoms with E-state index in [1.54, 1.807) is 13.0 Å². The first-order chi connectivity index (χ1) is 12.1. The lowest BCUT2D eigenvalue weighted by Gasteiger charge is -2.35. The minimum Gasteiger partial charge on any atom is -0.379 e. The molecule has 0 spiro atoms. The second-order valence-corrected chi connectivity index (χ2v) is 6.41. The first-order valence-electron chi connectivity index (χ1n) is 9.00. The minimum absolute atomic E-state index is 0.0741. The Kier molecular flexibility index (Phi) is 8.12. The van der Waals surface area contributed by atoms with E-state index in [0.29, 0.717) is 13.2 Å². The highest BCUT2D eigenvalue weighted by Crippen LogP contribution is 2.22. The van der Waals surface area contributed by atoms with Crippen LogP contribution in [0.4, 0.5) is 0 Å². The fourth-order valence-corrected chi connectivity index (χ4v) is 2.97. The molecule has 5 nitrogen and oxygen atoms in total. The summed E-state index contributed by atoms with van der Waals surface area (Å²) in [6, 6.07) is 8.63. The number of rotatable bonds is 9. The lowest BCUT2D eigenvalue weighted by Crippen LogP contribution is -2.45. The summed E-state index contributed by atoms with van der Waals surface area (Å²) in [6.45, 7) is 11.8. The van der Waals surface area contributed by atoms with Gasteiger partial charge in [0.1, 0.15) is 6.10 Å². The predicted molar refractivity (Wildman–Crippen MR) is 99.5 cm³/mol. The van der Waals surface area contributed by atoms with Gasteiger partial charge in [-0.2, -0.15) is 0 Å². The number of hydrogen-bond donors (Lipinski definition) is 1. The van der Waals surface area contributed by atoms with Gasteiger partial charge in [-0.15, -0.1) is 6.58 Å². The number of benzene rings is 1. The zero-order valence-corrected chi connectivity index (χ0v) is 15.4. The van der Waals surface area contributed by atoms with Gasteiger partial charge < -0.3 is 14.8 Å². The van der Waals surface area contributed by atoms with E-state index >= 15 is 0 Å². The third-order valence-electron chi connectivity index (χ3n) is 4.44. The number of morpholine rings is 1. The molecule has 5 heteroatoms. The zero-order chi connectivity index (χ0) is 18.1. The first-order valence-corrected chi connectivity index (χ1v) is 9.00. The smallest absolute Gasteiger partial charge is 0.248 e. The molecular weight excluding hydrogens is 316 g/mol. The van der Waals surface area contributed by atoms with Gasteiger partial charge in [-0.25, -0.2) is 0 Å². The van der Waals surface area contributed by atoms with Gasteiger partial charge in [0.15, 0.2) is 0 Å². The molecule has 2 unspecified atom stereocenters. The highest BCUT2D eigenvalue weighted by Gasteiger charge is 2.24. The van der Waals surface area contributed by atoms with Crippen LogP contribution in [0.25, 0.3) is 0 Å². The summed E-state index contributed by atoms with van der Waals surface area (Å²) in [5.41, 5.74) is 2.45. The van der Waals surface area contributed by atoms with Gasteiger partial charge in [0.25, 0.3) is 0 Å². The van der Waals surface area contributed by atoms with E-state index in [1.807, 2.05) is 0 Å². The van der Waals surface area contributed by atoms with Gasteiger partial charge in [0, 0.05) is 19.6 Å². The molecule has 1 aliphatic rings. The van der Waals surface area contributed by atoms with E-state index in [0.717, 1.165) is 32.7 Å². The van der Waals surface area contributed by atoms with Gasteiger partial charge in [-0.05, 0) is 25.8 Å². The van der Waals surface area contributed by atoms with Crippen LogP contribution in [0.1, 0.15) is 30.5 Å². The molecule has 1 amide bonds. The second kappa shape index (κ2) is 10.3. The SMILES string of the molecule is C=CCCOC(C)C(=O)NCC(c1cccc(C)c1)N1CCOCC1. The van der Waals surface area contributed by atoms with Crippen molar-refractivity contribution in [3.05, 3.63) is 48.0 Å². The molecule has 1 aliphatic heterocycles. The van der Waals surface area contributed by atoms with Crippen molar-refractivity contribution >= 4 is 5.91 Å². The van der Waals surface area contributed by atoms with E-state index in [-0.39, 0.29) is 11.9 Å². The second-order valence-electron chi connectivity index (χ2n) is 6.41. The number of carbonyl (C=O) groups excluding carboxylic acids is 1. The molecule has 1 fully saturated rings. The third kappa shape index (κ3) is 6.27. The highest BCUT2D eigenvalue weighted by atomic mass is 16.5. The lowest BCUT2D eigenvalue weighted by atomic mass is 10.0. The van der Waals surface area contributed by atoms with Gasteiger partial charge in [0.2, 0.25) is 5.91 Å². The summed E-state index contributed by atoms with van der Waals surface area (Å²) in [7, 11) is 0. The Hall–Kier alpha value is -1.69. The van der Waals surface area contributed by atoms with Crippen LogP contribution in [-0.2, 0) is 14.3 Å². The standard InChI is InChI=1S/C20H30N2O3/c1-4-5-11-25-17(3)20(23)21-15-19(22-9-12-24-13-10-22)18-8-6-7-16(2)14-18/h4,6-8,14,17,19H,1,5,9-13,15H2,2-3H3,(H,21,23). The van der Waals surface area contributed by atoms with E-state index < -0.39 is 6.10 Å². The number of nitrogens with one attached hydrogen (secondary N) is 1.